The molecule has 1 unspecified atom stereocenters. The van der Waals surface area contributed by atoms with Crippen LogP contribution < -0.4 is 15.1 Å². The minimum Gasteiger partial charge on any atom is -0.485 e. The summed E-state index contributed by atoms with van der Waals surface area (Å²) >= 11 is 0. The zero-order valence-electron chi connectivity index (χ0n) is 16.4. The van der Waals surface area contributed by atoms with Crippen molar-refractivity contribution in [2.24, 2.45) is 7.05 Å². The van der Waals surface area contributed by atoms with Gasteiger partial charge in [-0.2, -0.15) is 0 Å². The smallest absolute Gasteiger partial charge is 0.349 e. The summed E-state index contributed by atoms with van der Waals surface area (Å²) in [6, 6.07) is 8.95. The van der Waals surface area contributed by atoms with Crippen LogP contribution in [0, 0.1) is 6.92 Å². The van der Waals surface area contributed by atoms with E-state index in [2.05, 4.69) is 4.98 Å². The highest BCUT2D eigenvalue weighted by molar-refractivity contribution is 5.94. The first kappa shape index (κ1) is 18.8. The van der Waals surface area contributed by atoms with Crippen LogP contribution in [0.1, 0.15) is 33.6 Å². The van der Waals surface area contributed by atoms with Gasteiger partial charge in [-0.05, 0) is 30.7 Å². The number of imidazole rings is 1. The molecular weight excluding hydrogens is 374 g/mol. The molecule has 1 aliphatic heterocycles. The van der Waals surface area contributed by atoms with Crippen LogP contribution in [0.3, 0.4) is 0 Å². The number of carbonyl (C=O) groups excluding carboxylic acids is 1. The van der Waals surface area contributed by atoms with E-state index in [9.17, 15) is 9.59 Å². The van der Waals surface area contributed by atoms with Gasteiger partial charge >= 0.3 is 5.63 Å². The van der Waals surface area contributed by atoms with Crippen LogP contribution in [0.15, 0.2) is 51.9 Å². The predicted molar refractivity (Wildman–Crippen MR) is 104 cm³/mol. The predicted octanol–water partition coefficient (Wildman–Crippen LogP) is 2.47. The second-order valence-electron chi connectivity index (χ2n) is 6.97. The number of benzene rings is 1. The van der Waals surface area contributed by atoms with Gasteiger partial charge in [0.25, 0.3) is 5.91 Å². The Kier molecular flexibility index (Phi) is 4.84. The number of hydrogen-bond acceptors (Lipinski definition) is 6. The van der Waals surface area contributed by atoms with Gasteiger partial charge in [-0.1, -0.05) is 12.1 Å². The fraction of sp³-hybridized carbons (Fsp3) is 0.286. The van der Waals surface area contributed by atoms with E-state index in [1.165, 1.54) is 4.90 Å². The number of aryl methyl sites for hydroxylation is 2. The third-order valence-electron chi connectivity index (χ3n) is 4.85. The molecule has 8 heteroatoms. The van der Waals surface area contributed by atoms with Crippen LogP contribution in [0.2, 0.25) is 0 Å². The van der Waals surface area contributed by atoms with Gasteiger partial charge in [0.2, 0.25) is 0 Å². The number of fused-ring (bicyclic) bond motifs is 1. The molecule has 8 nitrogen and oxygen atoms in total. The average molecular weight is 395 g/mol. The van der Waals surface area contributed by atoms with Gasteiger partial charge in [0.1, 0.15) is 18.0 Å². The molecule has 0 saturated carbocycles. The molecule has 0 aliphatic carbocycles. The van der Waals surface area contributed by atoms with Gasteiger partial charge in [-0.25, -0.2) is 9.78 Å². The molecule has 1 aliphatic rings. The van der Waals surface area contributed by atoms with E-state index >= 15 is 0 Å². The van der Waals surface area contributed by atoms with Crippen LogP contribution in [0.25, 0.3) is 0 Å². The summed E-state index contributed by atoms with van der Waals surface area (Å²) in [5.74, 6) is 1.85. The molecule has 2 aromatic heterocycles. The molecule has 3 heterocycles. The van der Waals surface area contributed by atoms with E-state index in [0.29, 0.717) is 28.6 Å². The summed E-state index contributed by atoms with van der Waals surface area (Å²) in [7, 11) is 3.47. The lowest BCUT2D eigenvalue weighted by atomic mass is 10.1. The van der Waals surface area contributed by atoms with Crippen LogP contribution in [-0.2, 0) is 13.6 Å². The van der Waals surface area contributed by atoms with Crippen molar-refractivity contribution in [2.45, 2.75) is 19.6 Å². The number of aromatic nitrogens is 2. The van der Waals surface area contributed by atoms with Crippen molar-refractivity contribution < 1.29 is 18.7 Å². The summed E-state index contributed by atoms with van der Waals surface area (Å²) in [5.41, 5.74) is -0.169. The molecule has 0 saturated heterocycles. The van der Waals surface area contributed by atoms with Gasteiger partial charge in [-0.3, -0.25) is 4.79 Å². The SMILES string of the molecule is Cc1cc(C2COc3ccccc3O2)oc(=O)c1C(=O)N(C)Cc1nccn1C. The third-order valence-corrected chi connectivity index (χ3v) is 4.85. The van der Waals surface area contributed by atoms with Crippen molar-refractivity contribution >= 4 is 5.91 Å². The highest BCUT2D eigenvalue weighted by atomic mass is 16.6. The first-order chi connectivity index (χ1) is 13.9. The average Bonchev–Trinajstić information content (AvgIpc) is 3.11. The number of para-hydroxylation sites is 2. The first-order valence-corrected chi connectivity index (χ1v) is 9.19. The molecule has 0 spiro atoms. The number of amides is 1. The summed E-state index contributed by atoms with van der Waals surface area (Å²) in [6.45, 7) is 2.20. The molecule has 1 amide bonds. The molecule has 150 valence electrons. The summed E-state index contributed by atoms with van der Waals surface area (Å²) in [5, 5.41) is 0. The normalized spacial score (nSPS) is 15.2. The maximum atomic E-state index is 12.8. The van der Waals surface area contributed by atoms with Crippen LogP contribution in [0.4, 0.5) is 0 Å². The molecule has 0 bridgehead atoms. The molecule has 29 heavy (non-hydrogen) atoms. The number of hydrogen-bond donors (Lipinski definition) is 0. The maximum absolute atomic E-state index is 12.8. The van der Waals surface area contributed by atoms with Crippen molar-refractivity contribution in [1.82, 2.24) is 14.5 Å². The largest absolute Gasteiger partial charge is 0.485 e. The Morgan fingerprint density at radius 3 is 2.76 bits per heavy atom. The van der Waals surface area contributed by atoms with Crippen molar-refractivity contribution in [1.29, 1.82) is 0 Å². The number of rotatable bonds is 4. The fourth-order valence-corrected chi connectivity index (χ4v) is 3.23. The van der Waals surface area contributed by atoms with Crippen LogP contribution in [-0.4, -0.2) is 34.0 Å². The lowest BCUT2D eigenvalue weighted by molar-refractivity contribution is 0.0707. The zero-order valence-corrected chi connectivity index (χ0v) is 16.4. The van der Waals surface area contributed by atoms with Crippen molar-refractivity contribution in [3.63, 3.8) is 0 Å². The molecule has 0 fully saturated rings. The van der Waals surface area contributed by atoms with E-state index in [1.807, 2.05) is 29.8 Å². The minimum atomic E-state index is -0.695. The van der Waals surface area contributed by atoms with Crippen LogP contribution >= 0.6 is 0 Å². The van der Waals surface area contributed by atoms with Crippen molar-refractivity contribution in [3.8, 4) is 11.5 Å². The van der Waals surface area contributed by atoms with E-state index in [-0.39, 0.29) is 18.7 Å². The summed E-state index contributed by atoms with van der Waals surface area (Å²) < 4.78 is 18.8. The number of carbonyl (C=O) groups is 1. The second-order valence-corrected chi connectivity index (χ2v) is 6.97. The highest BCUT2D eigenvalue weighted by Crippen LogP contribution is 2.35. The first-order valence-electron chi connectivity index (χ1n) is 9.19. The van der Waals surface area contributed by atoms with Gasteiger partial charge in [0.15, 0.2) is 23.4 Å². The molecule has 1 aromatic carbocycles. The second kappa shape index (κ2) is 7.46. The fourth-order valence-electron chi connectivity index (χ4n) is 3.23. The molecule has 3 aromatic rings. The molecule has 4 rings (SSSR count). The summed E-state index contributed by atoms with van der Waals surface area (Å²) in [6.07, 6.45) is 2.89. The lowest BCUT2D eigenvalue weighted by Crippen LogP contribution is -2.33. The van der Waals surface area contributed by atoms with E-state index in [0.717, 1.165) is 0 Å². The van der Waals surface area contributed by atoms with E-state index < -0.39 is 17.6 Å². The highest BCUT2D eigenvalue weighted by Gasteiger charge is 2.28. The van der Waals surface area contributed by atoms with Crippen molar-refractivity contribution in [2.75, 3.05) is 13.7 Å². The Bertz CT molecular complexity index is 1120. The maximum Gasteiger partial charge on any atom is 0.349 e. The molecular formula is C21H21N3O5. The van der Waals surface area contributed by atoms with Crippen LogP contribution in [0.5, 0.6) is 11.5 Å². The minimum absolute atomic E-state index is 0.00240. The quantitative estimate of drug-likeness (QED) is 0.675. The van der Waals surface area contributed by atoms with E-state index in [1.54, 1.807) is 38.5 Å². The van der Waals surface area contributed by atoms with Gasteiger partial charge in [0.05, 0.1) is 6.54 Å². The van der Waals surface area contributed by atoms with Gasteiger partial charge < -0.3 is 23.4 Å². The third kappa shape index (κ3) is 3.61. The zero-order chi connectivity index (χ0) is 20.5. The Labute approximate surface area is 167 Å². The molecule has 0 radical (unpaired) electrons. The number of ether oxygens (including phenoxy) is 2. The Morgan fingerprint density at radius 2 is 2.07 bits per heavy atom. The van der Waals surface area contributed by atoms with Crippen molar-refractivity contribution in [3.05, 3.63) is 75.9 Å². The standard InChI is InChI=1S/C21H21N3O5/c1-13-10-16(17-12-27-14-6-4-5-7-15(14)28-17)29-21(26)19(13)20(25)24(3)11-18-22-8-9-23(18)2/h4-10,17H,11-12H2,1-3H3. The Hall–Kier alpha value is -3.55. The monoisotopic (exact) mass is 395 g/mol. The Morgan fingerprint density at radius 1 is 1.31 bits per heavy atom. The number of nitrogens with zero attached hydrogens (tertiary/aromatic N) is 3. The lowest BCUT2D eigenvalue weighted by Gasteiger charge is -2.26. The Balaban J connectivity index is 1.57. The molecule has 1 atom stereocenters. The van der Waals surface area contributed by atoms with Gasteiger partial charge in [0, 0.05) is 26.5 Å². The molecule has 0 N–H and O–H groups in total. The summed E-state index contributed by atoms with van der Waals surface area (Å²) in [4.78, 5) is 31.1. The van der Waals surface area contributed by atoms with Gasteiger partial charge in [-0.15, -0.1) is 0 Å². The van der Waals surface area contributed by atoms with E-state index in [4.69, 9.17) is 13.9 Å². The topological polar surface area (TPSA) is 86.8 Å².